The number of aliphatic hydroxyl groups is 1. The number of hydrogen-bond donors (Lipinski definition) is 1. The summed E-state index contributed by atoms with van der Waals surface area (Å²) in [6.07, 6.45) is -6.47. The first-order valence-corrected chi connectivity index (χ1v) is 5.48. The van der Waals surface area contributed by atoms with Crippen molar-refractivity contribution in [3.63, 3.8) is 0 Å². The number of hydrogen-bond acceptors (Lipinski definition) is 4. The van der Waals surface area contributed by atoms with Crippen LogP contribution in [0.1, 0.15) is 16.9 Å². The molecule has 0 bridgehead atoms. The molecule has 0 saturated heterocycles. The van der Waals surface area contributed by atoms with Crippen molar-refractivity contribution in [2.24, 2.45) is 5.10 Å². The Labute approximate surface area is 110 Å². The number of carbonyl (C=O) groups excluding carboxylic acids is 1. The van der Waals surface area contributed by atoms with Crippen molar-refractivity contribution in [2.45, 2.75) is 25.0 Å². The Hall–Kier alpha value is -2.03. The minimum absolute atomic E-state index is 0.0263. The van der Waals surface area contributed by atoms with Gasteiger partial charge in [0.05, 0.1) is 0 Å². The molecule has 0 fully saturated rings. The Kier molecular flexibility index (Phi) is 3.71. The molecule has 1 aliphatic rings. The Morgan fingerprint density at radius 2 is 2.05 bits per heavy atom. The molecule has 20 heavy (non-hydrogen) atoms. The van der Waals surface area contributed by atoms with E-state index in [-0.39, 0.29) is 10.7 Å². The molecule has 9 heteroatoms. The molecule has 108 valence electrons. The third-order valence-corrected chi connectivity index (χ3v) is 2.71. The first kappa shape index (κ1) is 14.4. The van der Waals surface area contributed by atoms with Gasteiger partial charge in [-0.25, -0.2) is 17.6 Å². The van der Waals surface area contributed by atoms with Crippen LogP contribution in [0.5, 0.6) is 0 Å². The smallest absolute Gasteiger partial charge is 0.295 e. The number of amides is 1. The zero-order valence-electron chi connectivity index (χ0n) is 9.88. The third kappa shape index (κ3) is 2.36. The van der Waals surface area contributed by atoms with E-state index in [1.165, 1.54) is 24.4 Å². The van der Waals surface area contributed by atoms with Gasteiger partial charge in [-0.1, -0.05) is 6.07 Å². The summed E-state index contributed by atoms with van der Waals surface area (Å²) in [7, 11) is 0. The lowest BCUT2D eigenvalue weighted by atomic mass is 10.1. The number of rotatable bonds is 3. The summed E-state index contributed by atoms with van der Waals surface area (Å²) in [5.74, 6) is -1.18. The lowest BCUT2D eigenvalue weighted by Gasteiger charge is -2.29. The van der Waals surface area contributed by atoms with Crippen LogP contribution in [0.2, 0.25) is 0 Å². The summed E-state index contributed by atoms with van der Waals surface area (Å²) in [4.78, 5) is 15.6. The molecule has 1 atom stereocenters. The van der Waals surface area contributed by atoms with E-state index in [4.69, 9.17) is 0 Å². The van der Waals surface area contributed by atoms with Crippen molar-refractivity contribution >= 4 is 11.6 Å². The van der Waals surface area contributed by atoms with Crippen molar-refractivity contribution in [2.75, 3.05) is 0 Å². The second-order valence-electron chi connectivity index (χ2n) is 4.08. The minimum Gasteiger partial charge on any atom is -0.364 e. The summed E-state index contributed by atoms with van der Waals surface area (Å²) in [6.45, 7) is 0. The van der Waals surface area contributed by atoms with E-state index in [0.717, 1.165) is 0 Å². The first-order chi connectivity index (χ1) is 9.36. The molecule has 0 saturated carbocycles. The van der Waals surface area contributed by atoms with E-state index in [1.807, 2.05) is 0 Å². The fourth-order valence-corrected chi connectivity index (χ4v) is 1.70. The highest BCUT2D eigenvalue weighted by atomic mass is 19.3. The maximum atomic E-state index is 12.9. The lowest BCUT2D eigenvalue weighted by molar-refractivity contribution is -0.164. The fourth-order valence-electron chi connectivity index (χ4n) is 1.70. The number of hydrazone groups is 1. The van der Waals surface area contributed by atoms with Gasteiger partial charge in [0, 0.05) is 12.6 Å². The van der Waals surface area contributed by atoms with Crippen LogP contribution in [0.4, 0.5) is 17.6 Å². The van der Waals surface area contributed by atoms with E-state index >= 15 is 0 Å². The van der Waals surface area contributed by atoms with Gasteiger partial charge in [-0.2, -0.15) is 10.1 Å². The molecule has 1 N–H and O–H groups in total. The normalized spacial score (nSPS) is 22.6. The van der Waals surface area contributed by atoms with Crippen molar-refractivity contribution in [3.05, 3.63) is 30.1 Å². The van der Waals surface area contributed by atoms with Crippen LogP contribution in [-0.4, -0.2) is 45.3 Å². The standard InChI is InChI=1S/C11H9F4N3O2/c12-8(13)7-5-11(20,10(14)15)18(17-7)9(19)6-3-1-2-4-16-6/h1-4,8,10,20H,5H2. The summed E-state index contributed by atoms with van der Waals surface area (Å²) in [6, 6.07) is 4.09. The van der Waals surface area contributed by atoms with Crippen LogP contribution < -0.4 is 0 Å². The fraction of sp³-hybridized carbons (Fsp3) is 0.364. The van der Waals surface area contributed by atoms with Gasteiger partial charge in [0.1, 0.15) is 11.4 Å². The van der Waals surface area contributed by atoms with Gasteiger partial charge >= 0.3 is 0 Å². The van der Waals surface area contributed by atoms with Crippen molar-refractivity contribution in [1.82, 2.24) is 9.99 Å². The number of halogens is 4. The van der Waals surface area contributed by atoms with Crippen LogP contribution >= 0.6 is 0 Å². The molecule has 2 heterocycles. The summed E-state index contributed by atoms with van der Waals surface area (Å²) in [5.41, 5.74) is -4.34. The lowest BCUT2D eigenvalue weighted by Crippen LogP contribution is -2.51. The van der Waals surface area contributed by atoms with E-state index in [1.54, 1.807) is 0 Å². The third-order valence-electron chi connectivity index (χ3n) is 2.71. The Balaban J connectivity index is 2.38. The Morgan fingerprint density at radius 3 is 2.55 bits per heavy atom. The van der Waals surface area contributed by atoms with Crippen LogP contribution in [0.3, 0.4) is 0 Å². The molecular formula is C11H9F4N3O2. The Bertz CT molecular complexity index is 538. The SMILES string of the molecule is O=C(c1ccccn1)N1N=C(C(F)F)CC1(O)C(F)F. The minimum atomic E-state index is -3.45. The van der Waals surface area contributed by atoms with Crippen LogP contribution in [0.15, 0.2) is 29.5 Å². The molecule has 1 aliphatic heterocycles. The van der Waals surface area contributed by atoms with Crippen molar-refractivity contribution in [3.8, 4) is 0 Å². The second-order valence-corrected chi connectivity index (χ2v) is 4.08. The average molecular weight is 291 g/mol. The molecule has 1 unspecified atom stereocenters. The van der Waals surface area contributed by atoms with Gasteiger partial charge in [0.15, 0.2) is 0 Å². The largest absolute Gasteiger partial charge is 0.364 e. The summed E-state index contributed by atoms with van der Waals surface area (Å²) < 4.78 is 50.9. The highest BCUT2D eigenvalue weighted by Gasteiger charge is 2.53. The number of carbonyl (C=O) groups is 1. The van der Waals surface area contributed by atoms with Gasteiger partial charge in [-0.3, -0.25) is 9.78 Å². The molecule has 1 amide bonds. The maximum absolute atomic E-state index is 12.9. The highest BCUT2D eigenvalue weighted by molar-refractivity contribution is 5.97. The van der Waals surface area contributed by atoms with Crippen LogP contribution in [0, 0.1) is 0 Å². The van der Waals surface area contributed by atoms with Gasteiger partial charge in [0.25, 0.3) is 18.8 Å². The zero-order chi connectivity index (χ0) is 14.9. The number of alkyl halides is 4. The zero-order valence-corrected chi connectivity index (χ0v) is 9.88. The molecule has 0 aliphatic carbocycles. The summed E-state index contributed by atoms with van der Waals surface area (Å²) >= 11 is 0. The van der Waals surface area contributed by atoms with Gasteiger partial charge in [-0.05, 0) is 12.1 Å². The molecule has 0 spiro atoms. The summed E-state index contributed by atoms with van der Waals surface area (Å²) in [5, 5.41) is 12.9. The molecule has 5 nitrogen and oxygen atoms in total. The van der Waals surface area contributed by atoms with E-state index in [9.17, 15) is 27.5 Å². The predicted octanol–water partition coefficient (Wildman–Crippen LogP) is 1.50. The van der Waals surface area contributed by atoms with Crippen molar-refractivity contribution < 1.29 is 27.5 Å². The van der Waals surface area contributed by atoms with Gasteiger partial charge < -0.3 is 5.11 Å². The quantitative estimate of drug-likeness (QED) is 0.858. The van der Waals surface area contributed by atoms with E-state index in [2.05, 4.69) is 10.1 Å². The van der Waals surface area contributed by atoms with Gasteiger partial charge in [0.2, 0.25) is 5.72 Å². The maximum Gasteiger partial charge on any atom is 0.295 e. The Morgan fingerprint density at radius 1 is 1.35 bits per heavy atom. The highest BCUT2D eigenvalue weighted by Crippen LogP contribution is 2.33. The van der Waals surface area contributed by atoms with Crippen LogP contribution in [-0.2, 0) is 0 Å². The molecule has 1 aromatic rings. The van der Waals surface area contributed by atoms with E-state index in [0.29, 0.717) is 0 Å². The monoisotopic (exact) mass is 291 g/mol. The van der Waals surface area contributed by atoms with E-state index < -0.39 is 36.6 Å². The molecule has 1 aromatic heterocycles. The number of nitrogens with zero attached hydrogens (tertiary/aromatic N) is 3. The second kappa shape index (κ2) is 5.16. The predicted molar refractivity (Wildman–Crippen MR) is 59.4 cm³/mol. The molecule has 0 aromatic carbocycles. The van der Waals surface area contributed by atoms with Crippen molar-refractivity contribution in [1.29, 1.82) is 0 Å². The topological polar surface area (TPSA) is 65.8 Å². The first-order valence-electron chi connectivity index (χ1n) is 5.48. The molecule has 2 rings (SSSR count). The molecule has 0 radical (unpaired) electrons. The number of aromatic nitrogens is 1. The molecular weight excluding hydrogens is 282 g/mol. The van der Waals surface area contributed by atoms with Crippen LogP contribution in [0.25, 0.3) is 0 Å². The van der Waals surface area contributed by atoms with Gasteiger partial charge in [-0.15, -0.1) is 0 Å². The average Bonchev–Trinajstić information content (AvgIpc) is 2.79. The number of pyridine rings is 1.